The van der Waals surface area contributed by atoms with Gasteiger partial charge in [-0.1, -0.05) is 18.7 Å². The number of benzene rings is 1. The molecular formula is C10H12N2O3S. The van der Waals surface area contributed by atoms with Crippen LogP contribution in [0.1, 0.15) is 0 Å². The smallest absolute Gasteiger partial charge is 0.247 e. The van der Waals surface area contributed by atoms with Crippen molar-refractivity contribution in [3.05, 3.63) is 36.9 Å². The van der Waals surface area contributed by atoms with Crippen LogP contribution in [0.15, 0.2) is 41.8 Å². The lowest BCUT2D eigenvalue weighted by Crippen LogP contribution is -2.21. The van der Waals surface area contributed by atoms with Gasteiger partial charge in [-0.15, -0.1) is 0 Å². The lowest BCUT2D eigenvalue weighted by molar-refractivity contribution is -0.111. The first-order chi connectivity index (χ1) is 7.51. The maximum Gasteiger partial charge on any atom is 0.247 e. The third-order valence-electron chi connectivity index (χ3n) is 1.89. The minimum absolute atomic E-state index is 0.0210. The van der Waals surface area contributed by atoms with Crippen LogP contribution in [0.4, 0.5) is 5.69 Å². The van der Waals surface area contributed by atoms with E-state index >= 15 is 0 Å². The number of para-hydroxylation sites is 1. The van der Waals surface area contributed by atoms with Crippen molar-refractivity contribution >= 4 is 21.6 Å². The highest BCUT2D eigenvalue weighted by Crippen LogP contribution is 2.20. The molecule has 1 rings (SSSR count). The lowest BCUT2D eigenvalue weighted by atomic mass is 10.3. The average Bonchev–Trinajstić information content (AvgIpc) is 2.29. The molecule has 1 amide bonds. The summed E-state index contributed by atoms with van der Waals surface area (Å²) >= 11 is 0. The molecule has 0 aliphatic rings. The van der Waals surface area contributed by atoms with Gasteiger partial charge in [0.2, 0.25) is 15.9 Å². The number of carbonyl (C=O) groups excluding carboxylic acids is 1. The molecule has 1 aromatic rings. The van der Waals surface area contributed by atoms with Crippen molar-refractivity contribution in [3.8, 4) is 0 Å². The minimum atomic E-state index is -3.58. The van der Waals surface area contributed by atoms with Crippen LogP contribution in [0.25, 0.3) is 0 Å². The van der Waals surface area contributed by atoms with Gasteiger partial charge in [-0.3, -0.25) is 4.79 Å². The van der Waals surface area contributed by atoms with E-state index in [1.807, 2.05) is 0 Å². The molecule has 0 radical (unpaired) electrons. The number of rotatable bonds is 4. The summed E-state index contributed by atoms with van der Waals surface area (Å²) in [5, 5.41) is 2.42. The molecule has 5 nitrogen and oxygen atoms in total. The van der Waals surface area contributed by atoms with E-state index in [0.29, 0.717) is 0 Å². The fourth-order valence-electron chi connectivity index (χ4n) is 1.10. The second-order valence-corrected chi connectivity index (χ2v) is 4.75. The van der Waals surface area contributed by atoms with E-state index in [1.54, 1.807) is 12.1 Å². The Bertz CT molecular complexity index is 509. The maximum atomic E-state index is 11.6. The quantitative estimate of drug-likeness (QED) is 0.761. The fraction of sp³-hybridized carbons (Fsp3) is 0.100. The summed E-state index contributed by atoms with van der Waals surface area (Å²) < 4.78 is 25.4. The van der Waals surface area contributed by atoms with Crippen LogP contribution in [0.2, 0.25) is 0 Å². The molecule has 16 heavy (non-hydrogen) atoms. The number of amides is 1. The maximum absolute atomic E-state index is 11.6. The molecule has 0 spiro atoms. The predicted octanol–water partition coefficient (Wildman–Crippen LogP) is 0.719. The zero-order valence-electron chi connectivity index (χ0n) is 8.73. The van der Waals surface area contributed by atoms with Crippen LogP contribution in [-0.4, -0.2) is 21.4 Å². The third-order valence-corrected chi connectivity index (χ3v) is 3.36. The average molecular weight is 240 g/mol. The van der Waals surface area contributed by atoms with Gasteiger partial charge in [-0.2, -0.15) is 0 Å². The Hall–Kier alpha value is -1.66. The molecule has 0 heterocycles. The van der Waals surface area contributed by atoms with Crippen molar-refractivity contribution in [1.29, 1.82) is 0 Å². The molecule has 0 unspecified atom stereocenters. The third kappa shape index (κ3) is 2.68. The Balaban J connectivity index is 3.21. The van der Waals surface area contributed by atoms with Crippen LogP contribution in [0.3, 0.4) is 0 Å². The van der Waals surface area contributed by atoms with Gasteiger partial charge in [0.15, 0.2) is 0 Å². The summed E-state index contributed by atoms with van der Waals surface area (Å²) in [5.74, 6) is -0.459. The van der Waals surface area contributed by atoms with Crippen molar-refractivity contribution in [2.45, 2.75) is 4.90 Å². The van der Waals surface area contributed by atoms with E-state index in [2.05, 4.69) is 16.6 Å². The van der Waals surface area contributed by atoms with E-state index < -0.39 is 15.9 Å². The number of anilines is 1. The Morgan fingerprint density at radius 2 is 2.00 bits per heavy atom. The number of carbonyl (C=O) groups is 1. The Labute approximate surface area is 94.2 Å². The summed E-state index contributed by atoms with van der Waals surface area (Å²) in [7, 11) is -2.27. The number of hydrogen-bond acceptors (Lipinski definition) is 3. The standard InChI is InChI=1S/C10H12N2O3S/c1-3-10(13)12-8-6-4-5-7-9(8)16(14,15)11-2/h3-7,11H,1H2,2H3,(H,12,13). The predicted molar refractivity (Wildman–Crippen MR) is 61.5 cm³/mol. The molecule has 2 N–H and O–H groups in total. The fourth-order valence-corrected chi connectivity index (χ4v) is 1.98. The van der Waals surface area contributed by atoms with E-state index in [-0.39, 0.29) is 10.6 Å². The van der Waals surface area contributed by atoms with Crippen LogP contribution < -0.4 is 10.0 Å². The lowest BCUT2D eigenvalue weighted by Gasteiger charge is -2.09. The van der Waals surface area contributed by atoms with Gasteiger partial charge >= 0.3 is 0 Å². The first kappa shape index (κ1) is 12.4. The van der Waals surface area contributed by atoms with Crippen molar-refractivity contribution < 1.29 is 13.2 Å². The second kappa shape index (κ2) is 4.91. The summed E-state index contributed by atoms with van der Waals surface area (Å²) in [6.45, 7) is 3.29. The van der Waals surface area contributed by atoms with Crippen LogP contribution >= 0.6 is 0 Å². The SMILES string of the molecule is C=CC(=O)Nc1ccccc1S(=O)(=O)NC. The number of hydrogen-bond donors (Lipinski definition) is 2. The molecule has 86 valence electrons. The normalized spacial score (nSPS) is 10.8. The van der Waals surface area contributed by atoms with Gasteiger partial charge in [0.25, 0.3) is 0 Å². The minimum Gasteiger partial charge on any atom is -0.321 e. The largest absolute Gasteiger partial charge is 0.321 e. The Morgan fingerprint density at radius 1 is 1.38 bits per heavy atom. The zero-order valence-corrected chi connectivity index (χ0v) is 9.54. The van der Waals surface area contributed by atoms with E-state index in [0.717, 1.165) is 6.08 Å². The zero-order chi connectivity index (χ0) is 12.2. The van der Waals surface area contributed by atoms with E-state index in [4.69, 9.17) is 0 Å². The number of nitrogens with one attached hydrogen (secondary N) is 2. The summed E-state index contributed by atoms with van der Waals surface area (Å²) in [5.41, 5.74) is 0.224. The molecule has 0 saturated carbocycles. The van der Waals surface area contributed by atoms with Gasteiger partial charge < -0.3 is 5.32 Å². The van der Waals surface area contributed by atoms with Crippen molar-refractivity contribution in [1.82, 2.24) is 4.72 Å². The van der Waals surface area contributed by atoms with Gasteiger partial charge in [0, 0.05) is 0 Å². The summed E-state index contributed by atoms with van der Waals surface area (Å²) in [6, 6.07) is 6.12. The highest BCUT2D eigenvalue weighted by atomic mass is 32.2. The molecule has 1 aromatic carbocycles. The van der Waals surface area contributed by atoms with Gasteiger partial charge in [-0.25, -0.2) is 13.1 Å². The Morgan fingerprint density at radius 3 is 2.56 bits per heavy atom. The molecule has 0 fully saturated rings. The highest BCUT2D eigenvalue weighted by molar-refractivity contribution is 7.89. The van der Waals surface area contributed by atoms with Crippen molar-refractivity contribution in [3.63, 3.8) is 0 Å². The van der Waals surface area contributed by atoms with Crippen LogP contribution in [-0.2, 0) is 14.8 Å². The Kier molecular flexibility index (Phi) is 3.81. The molecule has 0 atom stereocenters. The summed E-state index contributed by atoms with van der Waals surface area (Å²) in [6.07, 6.45) is 1.07. The van der Waals surface area contributed by atoms with Crippen LogP contribution in [0, 0.1) is 0 Å². The molecule has 0 aliphatic carbocycles. The second-order valence-electron chi connectivity index (χ2n) is 2.90. The molecule has 0 aromatic heterocycles. The molecule has 6 heteroatoms. The first-order valence-electron chi connectivity index (χ1n) is 4.47. The highest BCUT2D eigenvalue weighted by Gasteiger charge is 2.16. The van der Waals surface area contributed by atoms with Gasteiger partial charge in [-0.05, 0) is 25.3 Å². The number of sulfonamides is 1. The van der Waals surface area contributed by atoms with Crippen molar-refractivity contribution in [2.75, 3.05) is 12.4 Å². The first-order valence-corrected chi connectivity index (χ1v) is 5.95. The molecule has 0 aliphatic heterocycles. The molecule has 0 bridgehead atoms. The van der Waals surface area contributed by atoms with E-state index in [9.17, 15) is 13.2 Å². The van der Waals surface area contributed by atoms with Gasteiger partial charge in [0.05, 0.1) is 5.69 Å². The van der Waals surface area contributed by atoms with Crippen LogP contribution in [0.5, 0.6) is 0 Å². The monoisotopic (exact) mass is 240 g/mol. The molecular weight excluding hydrogens is 228 g/mol. The molecule has 0 saturated heterocycles. The van der Waals surface area contributed by atoms with Crippen molar-refractivity contribution in [2.24, 2.45) is 0 Å². The van der Waals surface area contributed by atoms with E-state index in [1.165, 1.54) is 19.2 Å². The topological polar surface area (TPSA) is 75.3 Å². The van der Waals surface area contributed by atoms with Gasteiger partial charge in [0.1, 0.15) is 4.90 Å². The summed E-state index contributed by atoms with van der Waals surface area (Å²) in [4.78, 5) is 11.1.